The summed E-state index contributed by atoms with van der Waals surface area (Å²) < 4.78 is 5.56. The highest BCUT2D eigenvalue weighted by atomic mass is 16.5. The first-order valence-corrected chi connectivity index (χ1v) is 11.5. The maximum absolute atomic E-state index is 12.5. The Morgan fingerprint density at radius 3 is 2.03 bits per heavy atom. The van der Waals surface area contributed by atoms with Crippen LogP contribution in [0.4, 0.5) is 10.5 Å². The third-order valence-electron chi connectivity index (χ3n) is 5.98. The van der Waals surface area contributed by atoms with Crippen LogP contribution in [-0.2, 0) is 20.7 Å². The summed E-state index contributed by atoms with van der Waals surface area (Å²) >= 11 is 0. The van der Waals surface area contributed by atoms with Crippen LogP contribution in [0.15, 0.2) is 72.8 Å². The summed E-state index contributed by atoms with van der Waals surface area (Å²) in [5.74, 6) is -1.26. The van der Waals surface area contributed by atoms with E-state index < -0.39 is 17.6 Å². The largest absolute Gasteiger partial charge is 0.481 e. The van der Waals surface area contributed by atoms with Crippen LogP contribution in [0, 0.1) is 0 Å². The molecule has 0 unspecified atom stereocenters. The maximum atomic E-state index is 12.5. The lowest BCUT2D eigenvalue weighted by Crippen LogP contribution is -2.45. The Kier molecular flexibility index (Phi) is 6.87. The third kappa shape index (κ3) is 5.87. The van der Waals surface area contributed by atoms with Crippen molar-refractivity contribution in [2.75, 3.05) is 11.9 Å². The molecular formula is C28H28N2O5. The van der Waals surface area contributed by atoms with E-state index in [1.807, 2.05) is 24.3 Å². The zero-order valence-electron chi connectivity index (χ0n) is 19.7. The fraction of sp³-hybridized carbons (Fsp3) is 0.250. The van der Waals surface area contributed by atoms with Gasteiger partial charge in [0, 0.05) is 17.1 Å². The van der Waals surface area contributed by atoms with Gasteiger partial charge in [-0.15, -0.1) is 0 Å². The number of aliphatic carboxylic acids is 1. The number of hydrogen-bond acceptors (Lipinski definition) is 4. The number of benzene rings is 3. The molecule has 0 spiro atoms. The van der Waals surface area contributed by atoms with Crippen molar-refractivity contribution in [2.24, 2.45) is 0 Å². The van der Waals surface area contributed by atoms with E-state index in [1.165, 1.54) is 11.1 Å². The standard InChI is InChI=1S/C28H28N2O5/c1-28(2,16-26(32)33)30-25(31)15-18-11-13-19(14-12-18)29-27(34)35-17-24-22-9-5-3-7-20(22)21-8-4-6-10-23(21)24/h3-14,24H,15-17H2,1-2H3,(H,29,34)(H,30,31)(H,32,33). The topological polar surface area (TPSA) is 105 Å². The van der Waals surface area contributed by atoms with E-state index in [0.717, 1.165) is 16.7 Å². The number of anilines is 1. The Balaban J connectivity index is 1.31. The van der Waals surface area contributed by atoms with E-state index in [9.17, 15) is 14.4 Å². The number of carbonyl (C=O) groups excluding carboxylic acids is 2. The van der Waals surface area contributed by atoms with Gasteiger partial charge < -0.3 is 15.2 Å². The van der Waals surface area contributed by atoms with Gasteiger partial charge in [0.1, 0.15) is 6.61 Å². The van der Waals surface area contributed by atoms with Gasteiger partial charge in [0.05, 0.1) is 12.8 Å². The molecule has 7 nitrogen and oxygen atoms in total. The molecule has 0 atom stereocenters. The van der Waals surface area contributed by atoms with Gasteiger partial charge in [-0.2, -0.15) is 0 Å². The SMILES string of the molecule is CC(C)(CC(=O)O)NC(=O)Cc1ccc(NC(=O)OCC2c3ccccc3-c3ccccc32)cc1. The molecule has 0 fully saturated rings. The first-order valence-electron chi connectivity index (χ1n) is 11.5. The van der Waals surface area contributed by atoms with Crippen molar-refractivity contribution >= 4 is 23.7 Å². The first-order chi connectivity index (χ1) is 16.7. The molecule has 35 heavy (non-hydrogen) atoms. The average molecular weight is 473 g/mol. The molecule has 3 aromatic rings. The van der Waals surface area contributed by atoms with Gasteiger partial charge in [-0.1, -0.05) is 60.7 Å². The number of carboxylic acid groups (broad SMARTS) is 1. The van der Waals surface area contributed by atoms with Crippen LogP contribution in [0.2, 0.25) is 0 Å². The van der Waals surface area contributed by atoms with E-state index >= 15 is 0 Å². The van der Waals surface area contributed by atoms with E-state index in [0.29, 0.717) is 5.69 Å². The van der Waals surface area contributed by atoms with Crippen molar-refractivity contribution in [3.63, 3.8) is 0 Å². The molecule has 180 valence electrons. The molecule has 2 amide bonds. The van der Waals surface area contributed by atoms with E-state index in [-0.39, 0.29) is 31.3 Å². The predicted molar refractivity (Wildman–Crippen MR) is 133 cm³/mol. The Morgan fingerprint density at radius 2 is 1.46 bits per heavy atom. The summed E-state index contributed by atoms with van der Waals surface area (Å²) in [6.45, 7) is 3.56. The highest BCUT2D eigenvalue weighted by Gasteiger charge is 2.29. The van der Waals surface area contributed by atoms with Crippen molar-refractivity contribution in [1.82, 2.24) is 5.32 Å². The van der Waals surface area contributed by atoms with Crippen LogP contribution < -0.4 is 10.6 Å². The summed E-state index contributed by atoms with van der Waals surface area (Å²) in [4.78, 5) is 35.6. The van der Waals surface area contributed by atoms with Crippen LogP contribution >= 0.6 is 0 Å². The normalized spacial score (nSPS) is 12.4. The van der Waals surface area contributed by atoms with Gasteiger partial charge in [-0.05, 0) is 53.8 Å². The number of carbonyl (C=O) groups is 3. The number of hydrogen-bond donors (Lipinski definition) is 3. The fourth-order valence-electron chi connectivity index (χ4n) is 4.49. The van der Waals surface area contributed by atoms with Gasteiger partial charge >= 0.3 is 12.1 Å². The zero-order valence-corrected chi connectivity index (χ0v) is 19.7. The van der Waals surface area contributed by atoms with E-state index in [2.05, 4.69) is 34.9 Å². The number of carboxylic acids is 1. The molecule has 0 aromatic heterocycles. The quantitative estimate of drug-likeness (QED) is 0.430. The zero-order chi connectivity index (χ0) is 25.0. The lowest BCUT2D eigenvalue weighted by molar-refractivity contribution is -0.138. The molecule has 7 heteroatoms. The minimum Gasteiger partial charge on any atom is -0.481 e. The molecule has 1 aliphatic rings. The van der Waals surface area contributed by atoms with Crippen molar-refractivity contribution in [3.05, 3.63) is 89.5 Å². The highest BCUT2D eigenvalue weighted by Crippen LogP contribution is 2.44. The first kappa shape index (κ1) is 24.0. The van der Waals surface area contributed by atoms with Crippen molar-refractivity contribution in [1.29, 1.82) is 0 Å². The van der Waals surface area contributed by atoms with Gasteiger partial charge in [-0.3, -0.25) is 14.9 Å². The minimum absolute atomic E-state index is 0.0144. The van der Waals surface area contributed by atoms with Gasteiger partial charge in [0.2, 0.25) is 5.91 Å². The number of nitrogens with one attached hydrogen (secondary N) is 2. The summed E-state index contributed by atoms with van der Waals surface area (Å²) in [5.41, 5.74) is 5.09. The Labute approximate surface area is 204 Å². The molecule has 0 heterocycles. The van der Waals surface area contributed by atoms with Crippen molar-refractivity contribution in [3.8, 4) is 11.1 Å². The minimum atomic E-state index is -0.973. The summed E-state index contributed by atoms with van der Waals surface area (Å²) in [5, 5.41) is 14.4. The molecule has 0 saturated heterocycles. The Bertz CT molecular complexity index is 1200. The Hall–Kier alpha value is -4.13. The van der Waals surface area contributed by atoms with Crippen LogP contribution in [0.3, 0.4) is 0 Å². The van der Waals surface area contributed by atoms with Crippen molar-refractivity contribution in [2.45, 2.75) is 38.1 Å². The lowest BCUT2D eigenvalue weighted by Gasteiger charge is -2.24. The van der Waals surface area contributed by atoms with Gasteiger partial charge in [0.15, 0.2) is 0 Å². The molecule has 0 bridgehead atoms. The van der Waals surface area contributed by atoms with Crippen molar-refractivity contribution < 1.29 is 24.2 Å². The second kappa shape index (κ2) is 10.0. The number of fused-ring (bicyclic) bond motifs is 3. The predicted octanol–water partition coefficient (Wildman–Crippen LogP) is 4.96. The highest BCUT2D eigenvalue weighted by molar-refractivity contribution is 5.85. The van der Waals surface area contributed by atoms with E-state index in [1.54, 1.807) is 38.1 Å². The van der Waals surface area contributed by atoms with Gasteiger partial charge in [-0.25, -0.2) is 4.79 Å². The maximum Gasteiger partial charge on any atom is 0.411 e. The summed E-state index contributed by atoms with van der Waals surface area (Å²) in [7, 11) is 0. The van der Waals surface area contributed by atoms with Crippen LogP contribution in [0.25, 0.3) is 11.1 Å². The smallest absolute Gasteiger partial charge is 0.411 e. The lowest BCUT2D eigenvalue weighted by atomic mass is 9.98. The molecule has 0 saturated carbocycles. The second-order valence-electron chi connectivity index (χ2n) is 9.33. The Morgan fingerprint density at radius 1 is 0.886 bits per heavy atom. The number of amides is 2. The summed E-state index contributed by atoms with van der Waals surface area (Å²) in [6.07, 6.45) is -0.608. The molecular weight excluding hydrogens is 444 g/mol. The molecule has 3 aromatic carbocycles. The van der Waals surface area contributed by atoms with E-state index in [4.69, 9.17) is 9.84 Å². The molecule has 1 aliphatic carbocycles. The number of ether oxygens (including phenoxy) is 1. The fourth-order valence-corrected chi connectivity index (χ4v) is 4.49. The average Bonchev–Trinajstić information content (AvgIpc) is 3.11. The monoisotopic (exact) mass is 472 g/mol. The summed E-state index contributed by atoms with van der Waals surface area (Å²) in [6, 6.07) is 23.2. The van der Waals surface area contributed by atoms with Crippen LogP contribution in [-0.4, -0.2) is 35.2 Å². The van der Waals surface area contributed by atoms with Crippen LogP contribution in [0.5, 0.6) is 0 Å². The molecule has 3 N–H and O–H groups in total. The molecule has 0 aliphatic heterocycles. The third-order valence-corrected chi connectivity index (χ3v) is 5.98. The van der Waals surface area contributed by atoms with Gasteiger partial charge in [0.25, 0.3) is 0 Å². The molecule has 4 rings (SSSR count). The van der Waals surface area contributed by atoms with Crippen LogP contribution in [0.1, 0.15) is 42.9 Å². The molecule has 0 radical (unpaired) electrons. The number of rotatable bonds is 8. The second-order valence-corrected chi connectivity index (χ2v) is 9.33.